The molecule has 6 nitrogen and oxygen atoms in total. The summed E-state index contributed by atoms with van der Waals surface area (Å²) in [4.78, 5) is 28.9. The van der Waals surface area contributed by atoms with E-state index in [2.05, 4.69) is 0 Å². The van der Waals surface area contributed by atoms with Crippen LogP contribution in [0.5, 0.6) is 5.75 Å². The largest absolute Gasteiger partial charge is 0.494 e. The van der Waals surface area contributed by atoms with E-state index in [0.29, 0.717) is 45.0 Å². The maximum absolute atomic E-state index is 12.7. The van der Waals surface area contributed by atoms with Gasteiger partial charge in [0.2, 0.25) is 0 Å². The number of benzene rings is 1. The van der Waals surface area contributed by atoms with Gasteiger partial charge < -0.3 is 19.3 Å². The lowest BCUT2D eigenvalue weighted by Gasteiger charge is -2.24. The Bertz CT molecular complexity index is 596. The van der Waals surface area contributed by atoms with Gasteiger partial charge in [-0.1, -0.05) is 0 Å². The normalized spacial score (nSPS) is 21.1. The molecule has 1 atom stereocenters. The molecule has 0 aliphatic carbocycles. The number of hydrogen-bond donors (Lipinski definition) is 0. The van der Waals surface area contributed by atoms with Gasteiger partial charge in [-0.05, 0) is 50.5 Å². The first-order valence-corrected chi connectivity index (χ1v) is 9.11. The van der Waals surface area contributed by atoms with Crippen molar-refractivity contribution in [2.75, 3.05) is 39.4 Å². The predicted molar refractivity (Wildman–Crippen MR) is 93.7 cm³/mol. The number of nitrogens with zero attached hydrogens (tertiary/aromatic N) is 2. The van der Waals surface area contributed by atoms with Gasteiger partial charge >= 0.3 is 0 Å². The number of amides is 2. The van der Waals surface area contributed by atoms with Gasteiger partial charge in [-0.3, -0.25) is 9.59 Å². The summed E-state index contributed by atoms with van der Waals surface area (Å²) in [5.41, 5.74) is 0.655. The molecule has 0 N–H and O–H groups in total. The van der Waals surface area contributed by atoms with Gasteiger partial charge in [0.05, 0.1) is 6.61 Å². The first-order chi connectivity index (χ1) is 12.2. The summed E-state index contributed by atoms with van der Waals surface area (Å²) in [5, 5.41) is 0. The Morgan fingerprint density at radius 1 is 1.08 bits per heavy atom. The van der Waals surface area contributed by atoms with Gasteiger partial charge in [-0.25, -0.2) is 0 Å². The zero-order valence-corrected chi connectivity index (χ0v) is 14.8. The van der Waals surface area contributed by atoms with Crippen LogP contribution in [0.2, 0.25) is 0 Å². The van der Waals surface area contributed by atoms with Gasteiger partial charge in [-0.2, -0.15) is 0 Å². The van der Waals surface area contributed by atoms with Crippen molar-refractivity contribution in [1.29, 1.82) is 0 Å². The van der Waals surface area contributed by atoms with Crippen molar-refractivity contribution in [2.45, 2.75) is 32.3 Å². The first kappa shape index (κ1) is 17.7. The first-order valence-electron chi connectivity index (χ1n) is 9.11. The zero-order valence-electron chi connectivity index (χ0n) is 14.8. The minimum Gasteiger partial charge on any atom is -0.494 e. The molecule has 2 aliphatic heterocycles. The van der Waals surface area contributed by atoms with Crippen LogP contribution in [0.4, 0.5) is 0 Å². The minimum absolute atomic E-state index is 0.00876. The van der Waals surface area contributed by atoms with E-state index in [1.54, 1.807) is 12.1 Å². The molecule has 2 aliphatic rings. The Morgan fingerprint density at radius 3 is 2.48 bits per heavy atom. The maximum Gasteiger partial charge on any atom is 0.253 e. The maximum atomic E-state index is 12.7. The van der Waals surface area contributed by atoms with Crippen LogP contribution >= 0.6 is 0 Å². The zero-order chi connectivity index (χ0) is 17.6. The molecule has 0 unspecified atom stereocenters. The summed E-state index contributed by atoms with van der Waals surface area (Å²) in [6, 6.07) is 7.24. The highest BCUT2D eigenvalue weighted by Gasteiger charge is 2.30. The topological polar surface area (TPSA) is 59.1 Å². The third-order valence-electron chi connectivity index (χ3n) is 4.71. The molecular weight excluding hydrogens is 320 g/mol. The van der Waals surface area contributed by atoms with Crippen molar-refractivity contribution in [3.63, 3.8) is 0 Å². The van der Waals surface area contributed by atoms with Crippen molar-refractivity contribution in [2.24, 2.45) is 0 Å². The van der Waals surface area contributed by atoms with Crippen LogP contribution in [-0.4, -0.2) is 67.1 Å². The lowest BCUT2D eigenvalue weighted by molar-refractivity contribution is -0.140. The van der Waals surface area contributed by atoms with E-state index in [9.17, 15) is 9.59 Å². The molecule has 0 bridgehead atoms. The molecule has 1 aromatic rings. The lowest BCUT2D eigenvalue weighted by atomic mass is 10.2. The fourth-order valence-electron chi connectivity index (χ4n) is 3.36. The molecule has 2 fully saturated rings. The molecule has 0 spiro atoms. The van der Waals surface area contributed by atoms with Crippen LogP contribution in [0, 0.1) is 0 Å². The second kappa shape index (κ2) is 8.34. The average Bonchev–Trinajstić information content (AvgIpc) is 3.06. The molecule has 1 aromatic carbocycles. The molecule has 25 heavy (non-hydrogen) atoms. The highest BCUT2D eigenvalue weighted by molar-refractivity contribution is 5.94. The monoisotopic (exact) mass is 346 g/mol. The van der Waals surface area contributed by atoms with Crippen LogP contribution in [0.3, 0.4) is 0 Å². The van der Waals surface area contributed by atoms with Gasteiger partial charge in [0.15, 0.2) is 0 Å². The fourth-order valence-corrected chi connectivity index (χ4v) is 3.36. The number of rotatable bonds is 4. The Morgan fingerprint density at radius 2 is 1.80 bits per heavy atom. The Kier molecular flexibility index (Phi) is 5.91. The van der Waals surface area contributed by atoms with E-state index in [4.69, 9.17) is 9.47 Å². The Hall–Kier alpha value is -2.08. The SMILES string of the molecule is CCOc1ccc(C(=O)N2CCCN(C(=O)[C@@H]3CCCO3)CC2)cc1. The standard InChI is InChI=1S/C19H26N2O4/c1-2-24-16-8-6-15(7-9-16)18(22)20-10-4-11-21(13-12-20)19(23)17-5-3-14-25-17/h6-9,17H,2-5,10-14H2,1H3/t17-/m0/s1. The summed E-state index contributed by atoms with van der Waals surface area (Å²) >= 11 is 0. The van der Waals surface area contributed by atoms with Crippen molar-refractivity contribution in [3.8, 4) is 5.75 Å². The van der Waals surface area contributed by atoms with E-state index in [1.165, 1.54) is 0 Å². The third kappa shape index (κ3) is 4.31. The smallest absolute Gasteiger partial charge is 0.253 e. The quantitative estimate of drug-likeness (QED) is 0.836. The molecule has 0 radical (unpaired) electrons. The highest BCUT2D eigenvalue weighted by Crippen LogP contribution is 2.18. The van der Waals surface area contributed by atoms with Gasteiger partial charge in [0, 0.05) is 38.3 Å². The van der Waals surface area contributed by atoms with Crippen molar-refractivity contribution in [1.82, 2.24) is 9.80 Å². The molecular formula is C19H26N2O4. The molecule has 0 saturated carbocycles. The number of carbonyl (C=O) groups is 2. The second-order valence-electron chi connectivity index (χ2n) is 6.43. The molecule has 2 saturated heterocycles. The molecule has 3 rings (SSSR count). The van der Waals surface area contributed by atoms with E-state index in [-0.39, 0.29) is 17.9 Å². The van der Waals surface area contributed by atoms with Crippen molar-refractivity contribution >= 4 is 11.8 Å². The van der Waals surface area contributed by atoms with E-state index >= 15 is 0 Å². The summed E-state index contributed by atoms with van der Waals surface area (Å²) in [7, 11) is 0. The predicted octanol–water partition coefficient (Wildman–Crippen LogP) is 1.94. The Labute approximate surface area is 148 Å². The van der Waals surface area contributed by atoms with E-state index < -0.39 is 0 Å². The molecule has 6 heteroatoms. The van der Waals surface area contributed by atoms with Crippen LogP contribution in [0.1, 0.15) is 36.5 Å². The van der Waals surface area contributed by atoms with Gasteiger partial charge in [0.1, 0.15) is 11.9 Å². The van der Waals surface area contributed by atoms with Crippen LogP contribution in [0.25, 0.3) is 0 Å². The lowest BCUT2D eigenvalue weighted by Crippen LogP contribution is -2.41. The summed E-state index contributed by atoms with van der Waals surface area (Å²) in [6.07, 6.45) is 2.27. The van der Waals surface area contributed by atoms with Gasteiger partial charge in [0.25, 0.3) is 11.8 Å². The molecule has 2 amide bonds. The summed E-state index contributed by atoms with van der Waals surface area (Å²) in [6.45, 7) is 5.69. The average molecular weight is 346 g/mol. The number of ether oxygens (including phenoxy) is 2. The minimum atomic E-state index is -0.284. The molecule has 0 aromatic heterocycles. The summed E-state index contributed by atoms with van der Waals surface area (Å²) in [5.74, 6) is 0.852. The van der Waals surface area contributed by atoms with E-state index in [1.807, 2.05) is 28.9 Å². The summed E-state index contributed by atoms with van der Waals surface area (Å²) < 4.78 is 10.9. The highest BCUT2D eigenvalue weighted by atomic mass is 16.5. The Balaban J connectivity index is 1.58. The number of carbonyl (C=O) groups excluding carboxylic acids is 2. The van der Waals surface area contributed by atoms with Crippen molar-refractivity contribution < 1.29 is 19.1 Å². The van der Waals surface area contributed by atoms with Crippen molar-refractivity contribution in [3.05, 3.63) is 29.8 Å². The van der Waals surface area contributed by atoms with Gasteiger partial charge in [-0.15, -0.1) is 0 Å². The van der Waals surface area contributed by atoms with Crippen LogP contribution in [-0.2, 0) is 9.53 Å². The molecule has 136 valence electrons. The number of hydrogen-bond acceptors (Lipinski definition) is 4. The fraction of sp³-hybridized carbons (Fsp3) is 0.579. The third-order valence-corrected chi connectivity index (χ3v) is 4.71. The molecule has 2 heterocycles. The second-order valence-corrected chi connectivity index (χ2v) is 6.43. The van der Waals surface area contributed by atoms with Crippen LogP contribution in [0.15, 0.2) is 24.3 Å². The van der Waals surface area contributed by atoms with E-state index in [0.717, 1.165) is 25.0 Å². The van der Waals surface area contributed by atoms with Crippen LogP contribution < -0.4 is 4.74 Å².